The Bertz CT molecular complexity index is 758. The lowest BCUT2D eigenvalue weighted by Crippen LogP contribution is -2.63. The molecule has 2 N–H and O–H groups in total. The van der Waals surface area contributed by atoms with Crippen LogP contribution < -0.4 is 0 Å². The van der Waals surface area contributed by atoms with E-state index in [1.54, 1.807) is 0 Å². The molecule has 3 saturated carbocycles. The molecular weight excluding hydrogens is 356 g/mol. The monoisotopic (exact) mass is 388 g/mol. The van der Waals surface area contributed by atoms with Crippen LogP contribution in [-0.2, 0) is 14.3 Å². The van der Waals surface area contributed by atoms with Gasteiger partial charge in [-0.3, -0.25) is 4.79 Å². The minimum Gasteiger partial charge on any atom is -0.393 e. The van der Waals surface area contributed by atoms with Crippen LogP contribution in [0.2, 0.25) is 0 Å². The lowest BCUT2D eigenvalue weighted by Gasteiger charge is -2.60. The summed E-state index contributed by atoms with van der Waals surface area (Å²) in [6.07, 6.45) is 9.66. The number of carbonyl (C=O) groups excluding carboxylic acids is 1. The second-order valence-corrected chi connectivity index (χ2v) is 10.1. The summed E-state index contributed by atoms with van der Waals surface area (Å²) < 4.78 is 12.2. The summed E-state index contributed by atoms with van der Waals surface area (Å²) in [5, 5.41) is 21.2. The van der Waals surface area contributed by atoms with E-state index >= 15 is 0 Å². The van der Waals surface area contributed by atoms with E-state index in [0.717, 1.165) is 25.7 Å². The number of aliphatic hydroxyl groups excluding tert-OH is 2. The molecule has 0 aromatic heterocycles. The molecule has 1 unspecified atom stereocenters. The van der Waals surface area contributed by atoms with E-state index in [1.807, 2.05) is 6.92 Å². The van der Waals surface area contributed by atoms with Crippen molar-refractivity contribution in [2.75, 3.05) is 6.61 Å². The molecule has 9 atom stereocenters. The molecule has 1 heterocycles. The van der Waals surface area contributed by atoms with Crippen molar-refractivity contribution in [3.8, 4) is 0 Å². The fraction of sp³-hybridized carbons (Fsp3) is 0.783. The highest BCUT2D eigenvalue weighted by molar-refractivity contribution is 5.91. The lowest BCUT2D eigenvalue weighted by atomic mass is 9.45. The molecule has 154 valence electrons. The highest BCUT2D eigenvalue weighted by Gasteiger charge is 2.75. The van der Waals surface area contributed by atoms with E-state index in [-0.39, 0.29) is 29.1 Å². The number of aliphatic hydroxyl groups is 2. The largest absolute Gasteiger partial charge is 0.393 e. The van der Waals surface area contributed by atoms with Gasteiger partial charge in [-0.05, 0) is 62.2 Å². The number of ketones is 1. The smallest absolute Gasteiger partial charge is 0.193 e. The zero-order valence-electron chi connectivity index (χ0n) is 17.1. The van der Waals surface area contributed by atoms with Gasteiger partial charge in [-0.25, -0.2) is 0 Å². The van der Waals surface area contributed by atoms with E-state index in [0.29, 0.717) is 12.3 Å². The number of allylic oxidation sites excluding steroid dienone is 4. The average Bonchev–Trinajstić information content (AvgIpc) is 3.11. The van der Waals surface area contributed by atoms with Crippen LogP contribution in [0.25, 0.3) is 0 Å². The van der Waals surface area contributed by atoms with Gasteiger partial charge in [-0.1, -0.05) is 37.6 Å². The van der Waals surface area contributed by atoms with Crippen LogP contribution in [0.4, 0.5) is 0 Å². The van der Waals surface area contributed by atoms with Gasteiger partial charge in [0.25, 0.3) is 0 Å². The maximum atomic E-state index is 13.0. The molecule has 5 aliphatic rings. The normalized spacial score (nSPS) is 54.4. The van der Waals surface area contributed by atoms with Gasteiger partial charge in [0, 0.05) is 5.41 Å². The molecule has 5 nitrogen and oxygen atoms in total. The van der Waals surface area contributed by atoms with Crippen molar-refractivity contribution in [3.63, 3.8) is 0 Å². The maximum absolute atomic E-state index is 13.0. The van der Waals surface area contributed by atoms with Gasteiger partial charge >= 0.3 is 0 Å². The molecule has 1 saturated heterocycles. The summed E-state index contributed by atoms with van der Waals surface area (Å²) in [7, 11) is 0. The van der Waals surface area contributed by atoms with Gasteiger partial charge in [-0.15, -0.1) is 0 Å². The van der Waals surface area contributed by atoms with Gasteiger partial charge in [0.05, 0.1) is 12.2 Å². The first-order chi connectivity index (χ1) is 13.3. The van der Waals surface area contributed by atoms with Crippen LogP contribution in [0.15, 0.2) is 23.8 Å². The van der Waals surface area contributed by atoms with Crippen molar-refractivity contribution in [1.82, 2.24) is 0 Å². The predicted octanol–water partition coefficient (Wildman–Crippen LogP) is 2.76. The number of carbonyl (C=O) groups is 1. The van der Waals surface area contributed by atoms with Gasteiger partial charge in [-0.2, -0.15) is 0 Å². The number of fused-ring (bicyclic) bond motifs is 7. The molecule has 4 fully saturated rings. The molecule has 28 heavy (non-hydrogen) atoms. The van der Waals surface area contributed by atoms with Crippen LogP contribution in [0.5, 0.6) is 0 Å². The Kier molecular flexibility index (Phi) is 4.07. The Labute approximate surface area is 166 Å². The zero-order valence-corrected chi connectivity index (χ0v) is 17.1. The molecule has 0 spiro atoms. The Balaban J connectivity index is 1.58. The van der Waals surface area contributed by atoms with Gasteiger partial charge in [0.1, 0.15) is 6.61 Å². The Hall–Kier alpha value is -1.01. The van der Waals surface area contributed by atoms with Crippen molar-refractivity contribution >= 4 is 5.78 Å². The van der Waals surface area contributed by atoms with Crippen molar-refractivity contribution in [1.29, 1.82) is 0 Å². The summed E-state index contributed by atoms with van der Waals surface area (Å²) in [6.45, 7) is 5.68. The van der Waals surface area contributed by atoms with E-state index in [9.17, 15) is 15.0 Å². The van der Waals surface area contributed by atoms with Crippen LogP contribution in [0.3, 0.4) is 0 Å². The Morgan fingerprint density at radius 3 is 2.89 bits per heavy atom. The fourth-order valence-electron chi connectivity index (χ4n) is 8.05. The van der Waals surface area contributed by atoms with Crippen LogP contribution in [0, 0.1) is 28.6 Å². The number of rotatable bonds is 2. The predicted molar refractivity (Wildman–Crippen MR) is 103 cm³/mol. The molecule has 0 bridgehead atoms. The fourth-order valence-corrected chi connectivity index (χ4v) is 8.05. The third kappa shape index (κ3) is 2.09. The molecule has 0 aromatic rings. The third-order valence-corrected chi connectivity index (χ3v) is 9.07. The summed E-state index contributed by atoms with van der Waals surface area (Å²) in [5.74, 6) is 0.478. The molecule has 5 rings (SSSR count). The number of hydrogen-bond acceptors (Lipinski definition) is 5. The first kappa shape index (κ1) is 19.0. The average molecular weight is 389 g/mol. The lowest BCUT2D eigenvalue weighted by molar-refractivity contribution is -0.199. The van der Waals surface area contributed by atoms with E-state index < -0.39 is 30.0 Å². The Morgan fingerprint density at radius 2 is 2.14 bits per heavy atom. The van der Waals surface area contributed by atoms with E-state index in [2.05, 4.69) is 32.1 Å². The molecule has 5 heteroatoms. The minimum absolute atomic E-state index is 0.0146. The quantitative estimate of drug-likeness (QED) is 0.761. The highest BCUT2D eigenvalue weighted by Crippen LogP contribution is 2.69. The van der Waals surface area contributed by atoms with Crippen molar-refractivity contribution in [3.05, 3.63) is 23.8 Å². The van der Waals surface area contributed by atoms with Gasteiger partial charge in [0.15, 0.2) is 17.7 Å². The summed E-state index contributed by atoms with van der Waals surface area (Å²) >= 11 is 0. The van der Waals surface area contributed by atoms with Crippen LogP contribution >= 0.6 is 0 Å². The van der Waals surface area contributed by atoms with E-state index in [1.165, 1.54) is 5.57 Å². The number of hydrogen-bond donors (Lipinski definition) is 2. The maximum Gasteiger partial charge on any atom is 0.193 e. The third-order valence-electron chi connectivity index (χ3n) is 9.07. The summed E-state index contributed by atoms with van der Waals surface area (Å²) in [4.78, 5) is 13.0. The topological polar surface area (TPSA) is 76.0 Å². The summed E-state index contributed by atoms with van der Waals surface area (Å²) in [5.41, 5.74) is -0.217. The molecule has 4 aliphatic carbocycles. The number of ether oxygens (including phenoxy) is 2. The van der Waals surface area contributed by atoms with Gasteiger partial charge < -0.3 is 19.7 Å². The Morgan fingerprint density at radius 1 is 1.36 bits per heavy atom. The second kappa shape index (κ2) is 6.00. The summed E-state index contributed by atoms with van der Waals surface area (Å²) in [6, 6.07) is 0. The standard InChI is InChI=1S/C23H32O5/c1-13-27-19-10-16-15-8-7-14-6-4-5-9-21(14,2)20(15)17(25)11-22(16,3)23(19,28-13)18(26)12-24/h4-6,13,15-17,19-20,24-25H,7-12H2,1-3H3/t13?,15-,16-,17-,19+,20+,21-,22-,23+/m0/s1. The first-order valence-corrected chi connectivity index (χ1v) is 10.8. The molecule has 1 aliphatic heterocycles. The molecule has 0 amide bonds. The molecular formula is C23H32O5. The van der Waals surface area contributed by atoms with Crippen LogP contribution in [-0.4, -0.2) is 46.7 Å². The van der Waals surface area contributed by atoms with Crippen molar-refractivity contribution < 1.29 is 24.5 Å². The van der Waals surface area contributed by atoms with Crippen molar-refractivity contribution in [2.45, 2.75) is 77.0 Å². The minimum atomic E-state index is -1.14. The van der Waals surface area contributed by atoms with E-state index in [4.69, 9.17) is 9.47 Å². The van der Waals surface area contributed by atoms with Crippen LogP contribution in [0.1, 0.15) is 52.9 Å². The first-order valence-electron chi connectivity index (χ1n) is 10.8. The SMILES string of the molecule is CC1O[C@@H]2C[C@H]3[C@@H]4CCC5=CC=CC[C@]5(C)[C@H]4[C@@H](O)C[C@]3(C)[C@]2(C(=O)CO)O1. The zero-order chi connectivity index (χ0) is 19.9. The van der Waals surface area contributed by atoms with Crippen molar-refractivity contribution in [2.24, 2.45) is 28.6 Å². The highest BCUT2D eigenvalue weighted by atomic mass is 16.7. The number of Topliss-reactive ketones (excluding diaryl/α,β-unsaturated/α-hetero) is 1. The molecule has 0 radical (unpaired) electrons. The second-order valence-electron chi connectivity index (χ2n) is 10.1. The van der Waals surface area contributed by atoms with Gasteiger partial charge in [0.2, 0.25) is 0 Å². The molecule has 0 aromatic carbocycles.